The highest BCUT2D eigenvalue weighted by atomic mass is 19.4. The molecule has 3 aromatic heterocycles. The first-order valence-electron chi connectivity index (χ1n) is 11.3. The van der Waals surface area contributed by atoms with Gasteiger partial charge in [-0.2, -0.15) is 18.3 Å². The van der Waals surface area contributed by atoms with Crippen molar-refractivity contribution in [2.45, 2.75) is 38.3 Å². The molecule has 0 unspecified atom stereocenters. The Balaban J connectivity index is 1.55. The number of ether oxygens (including phenoxy) is 1. The minimum absolute atomic E-state index is 0.0245. The number of hydrogen-bond acceptors (Lipinski definition) is 7. The van der Waals surface area contributed by atoms with Gasteiger partial charge in [-0.25, -0.2) is 28.2 Å². The Morgan fingerprint density at radius 2 is 1.82 bits per heavy atom. The lowest BCUT2D eigenvalue weighted by molar-refractivity contribution is -0.138. The molecule has 0 radical (unpaired) electrons. The summed E-state index contributed by atoms with van der Waals surface area (Å²) in [4.78, 5) is 32.3. The lowest BCUT2D eigenvalue weighted by Crippen LogP contribution is -2.30. The van der Waals surface area contributed by atoms with Crippen molar-refractivity contribution in [1.29, 1.82) is 0 Å². The molecule has 2 N–H and O–H groups in total. The van der Waals surface area contributed by atoms with Crippen LogP contribution in [0, 0.1) is 11.6 Å². The fourth-order valence-electron chi connectivity index (χ4n) is 4.03. The largest absolute Gasteiger partial charge is 0.494 e. The number of nitrogens with one attached hydrogen (secondary N) is 2. The van der Waals surface area contributed by atoms with E-state index in [1.807, 2.05) is 0 Å². The topological polar surface area (TPSA) is 115 Å². The van der Waals surface area contributed by atoms with Crippen molar-refractivity contribution < 1.29 is 31.1 Å². The number of H-pyrrole nitrogens is 1. The zero-order valence-electron chi connectivity index (χ0n) is 20.3. The molecule has 0 aliphatic heterocycles. The number of benzene rings is 1. The summed E-state index contributed by atoms with van der Waals surface area (Å²) in [6.07, 6.45) is -2.70. The predicted octanol–water partition coefficient (Wildman–Crippen LogP) is 4.08. The molecule has 4 rings (SSSR count). The van der Waals surface area contributed by atoms with Gasteiger partial charge in [0.25, 0.3) is 11.1 Å². The van der Waals surface area contributed by atoms with Gasteiger partial charge in [0.2, 0.25) is 0 Å². The number of halogens is 6. The van der Waals surface area contributed by atoms with Crippen LogP contribution in [0.3, 0.4) is 0 Å². The lowest BCUT2D eigenvalue weighted by atomic mass is 10.1. The van der Waals surface area contributed by atoms with E-state index in [0.29, 0.717) is 5.75 Å². The van der Waals surface area contributed by atoms with Gasteiger partial charge in [0.1, 0.15) is 11.7 Å². The molecule has 3 heterocycles. The van der Waals surface area contributed by atoms with E-state index in [0.717, 1.165) is 10.8 Å². The summed E-state index contributed by atoms with van der Waals surface area (Å²) in [5.41, 5.74) is -4.91. The van der Waals surface area contributed by atoms with Crippen molar-refractivity contribution in [2.75, 3.05) is 12.4 Å². The number of hydrogen-bond donors (Lipinski definition) is 2. The third-order valence-corrected chi connectivity index (χ3v) is 5.80. The van der Waals surface area contributed by atoms with Gasteiger partial charge in [0.15, 0.2) is 23.2 Å². The van der Waals surface area contributed by atoms with Gasteiger partial charge in [-0.1, -0.05) is 0 Å². The molecule has 2 atom stereocenters. The van der Waals surface area contributed by atoms with Crippen molar-refractivity contribution >= 4 is 16.5 Å². The maximum absolute atomic E-state index is 15.0. The molecule has 0 amide bonds. The van der Waals surface area contributed by atoms with Crippen LogP contribution in [0.4, 0.5) is 32.0 Å². The van der Waals surface area contributed by atoms with Crippen molar-refractivity contribution in [3.05, 3.63) is 74.8 Å². The van der Waals surface area contributed by atoms with Crippen LogP contribution in [-0.2, 0) is 12.7 Å². The van der Waals surface area contributed by atoms with Crippen LogP contribution in [0.25, 0.3) is 22.2 Å². The standard InChI is InChI=1S/C24H20F6N6O3/c1-11(34-16-9-33-35-22(37)18(16)24(28,29)30)5-13(25)10-36-4-3-12-6-15(19(26)20(27)17(12)23(36)38)21-31-7-14(39-2)8-32-21/h3-4,6-9,11,13H,5,10H2,1-2H3,(H2,34,35,37)/t11-,13-/m1/s1. The lowest BCUT2D eigenvalue weighted by Gasteiger charge is -2.20. The highest BCUT2D eigenvalue weighted by Gasteiger charge is 2.37. The average molecular weight is 554 g/mol. The summed E-state index contributed by atoms with van der Waals surface area (Å²) >= 11 is 0. The number of alkyl halides is 4. The molecule has 0 bridgehead atoms. The Hall–Kier alpha value is -4.43. The van der Waals surface area contributed by atoms with Crippen molar-refractivity contribution in [3.63, 3.8) is 0 Å². The van der Waals surface area contributed by atoms with Gasteiger partial charge in [-0.15, -0.1) is 0 Å². The van der Waals surface area contributed by atoms with Crippen LogP contribution < -0.4 is 21.2 Å². The van der Waals surface area contributed by atoms with Crippen LogP contribution >= 0.6 is 0 Å². The van der Waals surface area contributed by atoms with E-state index in [2.05, 4.69) is 20.4 Å². The zero-order valence-corrected chi connectivity index (χ0v) is 20.3. The fourth-order valence-corrected chi connectivity index (χ4v) is 4.03. The van der Waals surface area contributed by atoms with E-state index in [-0.39, 0.29) is 23.2 Å². The zero-order chi connectivity index (χ0) is 28.5. The Labute approximate surface area is 215 Å². The third-order valence-electron chi connectivity index (χ3n) is 5.80. The molecule has 39 heavy (non-hydrogen) atoms. The number of aromatic amines is 1. The molecule has 206 valence electrons. The van der Waals surface area contributed by atoms with Gasteiger partial charge in [-0.3, -0.25) is 9.59 Å². The second-order valence-electron chi connectivity index (χ2n) is 8.60. The molecule has 0 fully saturated rings. The Morgan fingerprint density at radius 3 is 2.46 bits per heavy atom. The number of pyridine rings is 1. The predicted molar refractivity (Wildman–Crippen MR) is 128 cm³/mol. The molecular weight excluding hydrogens is 534 g/mol. The smallest absolute Gasteiger partial charge is 0.423 e. The van der Waals surface area contributed by atoms with Crippen LogP contribution in [0.1, 0.15) is 18.9 Å². The summed E-state index contributed by atoms with van der Waals surface area (Å²) in [6.45, 7) is 0.778. The van der Waals surface area contributed by atoms with Gasteiger partial charge >= 0.3 is 6.18 Å². The van der Waals surface area contributed by atoms with Crippen molar-refractivity contribution in [1.82, 2.24) is 24.7 Å². The second-order valence-corrected chi connectivity index (χ2v) is 8.60. The summed E-state index contributed by atoms with van der Waals surface area (Å²) in [6, 6.07) is 1.55. The van der Waals surface area contributed by atoms with Crippen molar-refractivity contribution in [2.24, 2.45) is 0 Å². The monoisotopic (exact) mass is 554 g/mol. The maximum Gasteiger partial charge on any atom is 0.423 e. The second kappa shape index (κ2) is 10.7. The number of aromatic nitrogens is 5. The number of methoxy groups -OCH3 is 1. The molecular formula is C24H20F6N6O3. The molecule has 0 aliphatic rings. The maximum atomic E-state index is 15.0. The third kappa shape index (κ3) is 5.71. The fraction of sp³-hybridized carbons (Fsp3) is 0.292. The van der Waals surface area contributed by atoms with Gasteiger partial charge < -0.3 is 14.6 Å². The first-order valence-corrected chi connectivity index (χ1v) is 11.3. The minimum Gasteiger partial charge on any atom is -0.494 e. The number of nitrogens with zero attached hydrogens (tertiary/aromatic N) is 4. The summed E-state index contributed by atoms with van der Waals surface area (Å²) in [7, 11) is 1.38. The number of anilines is 1. The Bertz CT molecular complexity index is 1620. The van der Waals surface area contributed by atoms with Crippen LogP contribution in [-0.4, -0.2) is 44.1 Å². The molecule has 1 aromatic carbocycles. The van der Waals surface area contributed by atoms with Crippen LogP contribution in [0.15, 0.2) is 46.5 Å². The Morgan fingerprint density at radius 1 is 1.13 bits per heavy atom. The Kier molecular flexibility index (Phi) is 7.60. The molecule has 0 spiro atoms. The van der Waals surface area contributed by atoms with Crippen LogP contribution in [0.5, 0.6) is 5.75 Å². The van der Waals surface area contributed by atoms with Gasteiger partial charge in [0.05, 0.1) is 48.9 Å². The van der Waals surface area contributed by atoms with E-state index < -0.39 is 64.3 Å². The van der Waals surface area contributed by atoms with E-state index in [9.17, 15) is 35.9 Å². The molecule has 9 nitrogen and oxygen atoms in total. The summed E-state index contributed by atoms with van der Waals surface area (Å²) in [5.74, 6) is -2.69. The van der Waals surface area contributed by atoms with E-state index in [1.54, 1.807) is 5.10 Å². The van der Waals surface area contributed by atoms with Gasteiger partial charge in [-0.05, 0) is 24.4 Å². The highest BCUT2D eigenvalue weighted by Crippen LogP contribution is 2.32. The SMILES string of the molecule is COc1cnc(-c2cc3ccn(C[C@H](F)C[C@@H](C)Nc4cn[nH]c(=O)c4C(F)(F)F)c(=O)c3c(F)c2F)nc1. The van der Waals surface area contributed by atoms with E-state index in [1.165, 1.54) is 44.8 Å². The number of fused-ring (bicyclic) bond motifs is 1. The summed E-state index contributed by atoms with van der Waals surface area (Å²) in [5, 5.41) is 6.84. The van der Waals surface area contributed by atoms with Gasteiger partial charge in [0, 0.05) is 18.7 Å². The first kappa shape index (κ1) is 27.6. The van der Waals surface area contributed by atoms with E-state index in [4.69, 9.17) is 4.74 Å². The van der Waals surface area contributed by atoms with Crippen molar-refractivity contribution in [3.8, 4) is 17.1 Å². The minimum atomic E-state index is -4.98. The number of rotatable bonds is 8. The summed E-state index contributed by atoms with van der Waals surface area (Å²) < 4.78 is 90.2. The molecule has 15 heteroatoms. The first-order chi connectivity index (χ1) is 18.4. The quantitative estimate of drug-likeness (QED) is 0.316. The van der Waals surface area contributed by atoms with E-state index >= 15 is 0 Å². The normalized spacial score (nSPS) is 13.3. The molecule has 0 aliphatic carbocycles. The highest BCUT2D eigenvalue weighted by molar-refractivity contribution is 5.86. The van der Waals surface area contributed by atoms with Crippen LogP contribution in [0.2, 0.25) is 0 Å². The molecule has 0 saturated heterocycles. The molecule has 4 aromatic rings. The molecule has 0 saturated carbocycles. The average Bonchev–Trinajstić information content (AvgIpc) is 2.87.